The zero-order valence-electron chi connectivity index (χ0n) is 12.5. The van der Waals surface area contributed by atoms with Gasteiger partial charge in [-0.3, -0.25) is 4.79 Å². The van der Waals surface area contributed by atoms with Crippen LogP contribution in [0.3, 0.4) is 0 Å². The smallest absolute Gasteiger partial charge is 0.338 e. The molecule has 1 fully saturated rings. The van der Waals surface area contributed by atoms with Crippen molar-refractivity contribution in [2.45, 2.75) is 31.2 Å². The molecule has 3 rings (SSSR count). The summed E-state index contributed by atoms with van der Waals surface area (Å²) in [6, 6.07) is 6.82. The maximum absolute atomic E-state index is 12.0. The second kappa shape index (κ2) is 6.16. The van der Waals surface area contributed by atoms with Crippen LogP contribution in [-0.4, -0.2) is 30.8 Å². The molecule has 7 nitrogen and oxygen atoms in total. The molecule has 1 N–H and O–H groups in total. The second-order valence-corrected chi connectivity index (χ2v) is 5.59. The molecular formula is C16H16N2O5. The van der Waals surface area contributed by atoms with Crippen molar-refractivity contribution in [3.8, 4) is 17.6 Å². The average Bonchev–Trinajstić information content (AvgIpc) is 3.21. The van der Waals surface area contributed by atoms with E-state index in [9.17, 15) is 14.9 Å². The molecule has 1 aliphatic heterocycles. The van der Waals surface area contributed by atoms with Crippen LogP contribution in [0, 0.1) is 11.3 Å². The fourth-order valence-corrected chi connectivity index (χ4v) is 2.78. The number of hydrogen-bond acceptors (Lipinski definition) is 6. The summed E-state index contributed by atoms with van der Waals surface area (Å²) in [6.07, 6.45) is 3.08. The Kier molecular flexibility index (Phi) is 4.06. The Hall–Kier alpha value is -2.75. The highest BCUT2D eigenvalue weighted by molar-refractivity contribution is 5.92. The van der Waals surface area contributed by atoms with Crippen molar-refractivity contribution < 1.29 is 23.8 Å². The predicted octanol–water partition coefficient (Wildman–Crippen LogP) is 1.52. The van der Waals surface area contributed by atoms with Crippen LogP contribution >= 0.6 is 0 Å². The van der Waals surface area contributed by atoms with Crippen molar-refractivity contribution in [3.05, 3.63) is 23.8 Å². The molecule has 1 aromatic carbocycles. The fraction of sp³-hybridized carbons (Fsp3) is 0.438. The van der Waals surface area contributed by atoms with E-state index in [4.69, 9.17) is 14.2 Å². The number of benzene rings is 1. The Morgan fingerprint density at radius 2 is 2.00 bits per heavy atom. The van der Waals surface area contributed by atoms with E-state index in [0.717, 1.165) is 12.8 Å². The van der Waals surface area contributed by atoms with E-state index in [-0.39, 0.29) is 12.4 Å². The van der Waals surface area contributed by atoms with Gasteiger partial charge in [0, 0.05) is 0 Å². The minimum Gasteiger partial charge on any atom is -0.454 e. The second-order valence-electron chi connectivity index (χ2n) is 5.59. The lowest BCUT2D eigenvalue weighted by atomic mass is 10.00. The molecule has 1 saturated carbocycles. The van der Waals surface area contributed by atoms with E-state index in [1.54, 1.807) is 12.1 Å². The first kappa shape index (κ1) is 15.2. The standard InChI is InChI=1S/C16H16N2O5/c17-9-16(5-1-2-6-16)18-14(19)8-21-15(20)11-3-4-12-13(7-11)23-10-22-12/h3-4,7H,1-2,5-6,8,10H2,(H,18,19). The molecule has 1 amide bonds. The number of amides is 1. The molecule has 1 heterocycles. The van der Waals surface area contributed by atoms with Crippen molar-refractivity contribution in [2.24, 2.45) is 0 Å². The number of hydrogen-bond donors (Lipinski definition) is 1. The third-order valence-corrected chi connectivity index (χ3v) is 3.99. The lowest BCUT2D eigenvalue weighted by molar-refractivity contribution is -0.125. The lowest BCUT2D eigenvalue weighted by Crippen LogP contribution is -2.46. The monoisotopic (exact) mass is 316 g/mol. The van der Waals surface area contributed by atoms with E-state index in [1.807, 2.05) is 0 Å². The predicted molar refractivity (Wildman–Crippen MR) is 77.8 cm³/mol. The summed E-state index contributed by atoms with van der Waals surface area (Å²) < 4.78 is 15.3. The van der Waals surface area contributed by atoms with Crippen LogP contribution < -0.4 is 14.8 Å². The van der Waals surface area contributed by atoms with Gasteiger partial charge in [-0.2, -0.15) is 5.26 Å². The molecule has 0 spiro atoms. The summed E-state index contributed by atoms with van der Waals surface area (Å²) in [7, 11) is 0. The number of nitrogens with one attached hydrogen (secondary N) is 1. The number of esters is 1. The number of ether oxygens (including phenoxy) is 3. The van der Waals surface area contributed by atoms with Crippen molar-refractivity contribution in [2.75, 3.05) is 13.4 Å². The average molecular weight is 316 g/mol. The van der Waals surface area contributed by atoms with E-state index in [0.29, 0.717) is 24.3 Å². The van der Waals surface area contributed by atoms with Crippen LogP contribution in [0.4, 0.5) is 0 Å². The third-order valence-electron chi connectivity index (χ3n) is 3.99. The molecular weight excluding hydrogens is 300 g/mol. The molecule has 23 heavy (non-hydrogen) atoms. The fourth-order valence-electron chi connectivity index (χ4n) is 2.78. The molecule has 0 radical (unpaired) electrons. The highest BCUT2D eigenvalue weighted by Crippen LogP contribution is 2.32. The Bertz CT molecular complexity index is 674. The van der Waals surface area contributed by atoms with Gasteiger partial charge in [-0.05, 0) is 43.9 Å². The Morgan fingerprint density at radius 1 is 1.26 bits per heavy atom. The summed E-state index contributed by atoms with van der Waals surface area (Å²) in [6.45, 7) is -0.302. The van der Waals surface area contributed by atoms with E-state index in [2.05, 4.69) is 11.4 Å². The Balaban J connectivity index is 1.54. The van der Waals surface area contributed by atoms with E-state index >= 15 is 0 Å². The molecule has 0 unspecified atom stereocenters. The Labute approximate surface area is 133 Å². The number of nitrogens with zero attached hydrogens (tertiary/aromatic N) is 1. The van der Waals surface area contributed by atoms with Gasteiger partial charge in [0.25, 0.3) is 5.91 Å². The number of nitriles is 1. The first-order valence-corrected chi connectivity index (χ1v) is 7.41. The summed E-state index contributed by atoms with van der Waals surface area (Å²) >= 11 is 0. The quantitative estimate of drug-likeness (QED) is 0.846. The first-order chi connectivity index (χ1) is 11.1. The van der Waals surface area contributed by atoms with Crippen LogP contribution in [0.2, 0.25) is 0 Å². The molecule has 120 valence electrons. The van der Waals surface area contributed by atoms with Gasteiger partial charge in [0.05, 0.1) is 11.6 Å². The summed E-state index contributed by atoms with van der Waals surface area (Å²) in [5, 5.41) is 11.9. The molecule has 1 aromatic rings. The van der Waals surface area contributed by atoms with Crippen LogP contribution in [0.25, 0.3) is 0 Å². The maximum Gasteiger partial charge on any atom is 0.338 e. The minimum absolute atomic E-state index is 0.118. The molecule has 0 saturated heterocycles. The highest BCUT2D eigenvalue weighted by Gasteiger charge is 2.35. The Morgan fingerprint density at radius 3 is 2.74 bits per heavy atom. The number of rotatable bonds is 4. The molecule has 2 aliphatic rings. The van der Waals surface area contributed by atoms with Crippen LogP contribution in [0.1, 0.15) is 36.0 Å². The van der Waals surface area contributed by atoms with Gasteiger partial charge < -0.3 is 19.5 Å². The maximum atomic E-state index is 12.0. The number of carbonyl (C=O) groups is 2. The van der Waals surface area contributed by atoms with Gasteiger partial charge in [0.1, 0.15) is 5.54 Å². The molecule has 0 bridgehead atoms. The van der Waals surface area contributed by atoms with Crippen molar-refractivity contribution in [3.63, 3.8) is 0 Å². The zero-order chi connectivity index (χ0) is 16.3. The summed E-state index contributed by atoms with van der Waals surface area (Å²) in [5.74, 6) is -0.0619. The first-order valence-electron chi connectivity index (χ1n) is 7.41. The van der Waals surface area contributed by atoms with E-state index in [1.165, 1.54) is 6.07 Å². The lowest BCUT2D eigenvalue weighted by Gasteiger charge is -2.21. The van der Waals surface area contributed by atoms with E-state index < -0.39 is 24.0 Å². The minimum atomic E-state index is -0.817. The van der Waals surface area contributed by atoms with Gasteiger partial charge in [0.2, 0.25) is 6.79 Å². The largest absolute Gasteiger partial charge is 0.454 e. The molecule has 0 atom stereocenters. The summed E-state index contributed by atoms with van der Waals surface area (Å²) in [4.78, 5) is 23.9. The third kappa shape index (κ3) is 3.21. The van der Waals surface area contributed by atoms with Crippen LogP contribution in [0.15, 0.2) is 18.2 Å². The summed E-state index contributed by atoms with van der Waals surface area (Å²) in [5.41, 5.74) is -0.541. The SMILES string of the molecule is N#CC1(NC(=O)COC(=O)c2ccc3c(c2)OCO3)CCCC1. The van der Waals surface area contributed by atoms with Crippen LogP contribution in [0.5, 0.6) is 11.5 Å². The topological polar surface area (TPSA) is 97.7 Å². The molecule has 1 aliphatic carbocycles. The normalized spacial score (nSPS) is 17.3. The van der Waals surface area contributed by atoms with Crippen LogP contribution in [-0.2, 0) is 9.53 Å². The van der Waals surface area contributed by atoms with Gasteiger partial charge >= 0.3 is 5.97 Å². The van der Waals surface area contributed by atoms with Gasteiger partial charge in [-0.15, -0.1) is 0 Å². The van der Waals surface area contributed by atoms with Gasteiger partial charge in [-0.1, -0.05) is 0 Å². The van der Waals surface area contributed by atoms with Gasteiger partial charge in [-0.25, -0.2) is 4.79 Å². The van der Waals surface area contributed by atoms with Crippen molar-refractivity contribution in [1.82, 2.24) is 5.32 Å². The molecule has 7 heteroatoms. The zero-order valence-corrected chi connectivity index (χ0v) is 12.5. The highest BCUT2D eigenvalue weighted by atomic mass is 16.7. The van der Waals surface area contributed by atoms with Crippen molar-refractivity contribution >= 4 is 11.9 Å². The van der Waals surface area contributed by atoms with Gasteiger partial charge in [0.15, 0.2) is 18.1 Å². The number of fused-ring (bicyclic) bond motifs is 1. The van der Waals surface area contributed by atoms with Crippen molar-refractivity contribution in [1.29, 1.82) is 5.26 Å². The molecule has 0 aromatic heterocycles. The number of carbonyl (C=O) groups excluding carboxylic acids is 2.